The van der Waals surface area contributed by atoms with Gasteiger partial charge < -0.3 is 10.0 Å². The van der Waals surface area contributed by atoms with Crippen molar-refractivity contribution in [3.8, 4) is 0 Å². The molecular weight excluding hydrogens is 266 g/mol. The number of nitrogens with zero attached hydrogens (tertiary/aromatic N) is 4. The number of aromatic nitrogens is 2. The van der Waals surface area contributed by atoms with E-state index in [1.165, 1.54) is 0 Å². The van der Waals surface area contributed by atoms with Crippen LogP contribution in [-0.2, 0) is 6.42 Å². The molecule has 1 fully saturated rings. The number of piperazine rings is 1. The maximum Gasteiger partial charge on any atom is 0.283 e. The average molecular weight is 286 g/mol. The Balaban J connectivity index is 1.90. The van der Waals surface area contributed by atoms with Crippen molar-refractivity contribution in [2.45, 2.75) is 19.3 Å². The van der Waals surface area contributed by atoms with E-state index in [1.54, 1.807) is 11.2 Å². The van der Waals surface area contributed by atoms with E-state index in [2.05, 4.69) is 14.9 Å². The highest BCUT2D eigenvalue weighted by Gasteiger charge is 2.32. The lowest BCUT2D eigenvalue weighted by Gasteiger charge is -2.36. The molecule has 0 saturated carbocycles. The van der Waals surface area contributed by atoms with Crippen LogP contribution in [-0.4, -0.2) is 65.2 Å². The van der Waals surface area contributed by atoms with Crippen molar-refractivity contribution in [2.75, 3.05) is 44.2 Å². The first-order valence-corrected chi connectivity index (χ1v) is 6.81. The summed E-state index contributed by atoms with van der Waals surface area (Å²) in [5.74, 6) is -2.17. The lowest BCUT2D eigenvalue weighted by atomic mass is 10.2. The zero-order valence-electron chi connectivity index (χ0n) is 11.6. The Morgan fingerprint density at radius 1 is 1.25 bits per heavy atom. The van der Waals surface area contributed by atoms with E-state index in [0.717, 1.165) is 17.9 Å². The topological polar surface area (TPSA) is 52.5 Å². The van der Waals surface area contributed by atoms with Gasteiger partial charge in [0.05, 0.1) is 6.54 Å². The summed E-state index contributed by atoms with van der Waals surface area (Å²) in [4.78, 5) is 12.1. The Morgan fingerprint density at radius 2 is 1.95 bits per heavy atom. The van der Waals surface area contributed by atoms with Crippen LogP contribution in [0.15, 0.2) is 12.4 Å². The highest BCUT2D eigenvalue weighted by Crippen LogP contribution is 2.18. The number of hydrogen-bond donors (Lipinski definition) is 1. The summed E-state index contributed by atoms with van der Waals surface area (Å²) < 4.78 is 26.3. The van der Waals surface area contributed by atoms with Crippen molar-refractivity contribution in [1.82, 2.24) is 14.9 Å². The Bertz CT molecular complexity index is 436. The molecule has 1 saturated heterocycles. The molecule has 0 atom stereocenters. The molecule has 2 heterocycles. The second-order valence-corrected chi connectivity index (χ2v) is 5.00. The summed E-state index contributed by atoms with van der Waals surface area (Å²) in [5, 5.41) is 8.61. The Labute approximate surface area is 117 Å². The summed E-state index contributed by atoms with van der Waals surface area (Å²) in [7, 11) is 0. The summed E-state index contributed by atoms with van der Waals surface area (Å²) in [5.41, 5.74) is 0.976. The number of aryl methyl sites for hydroxylation is 1. The zero-order chi connectivity index (χ0) is 14.6. The van der Waals surface area contributed by atoms with E-state index in [-0.39, 0.29) is 6.54 Å². The molecular formula is C13H20F2N4O. The number of aliphatic hydroxyl groups is 1. The number of halogens is 2. The molecule has 1 aliphatic heterocycles. The first-order valence-electron chi connectivity index (χ1n) is 6.81. The van der Waals surface area contributed by atoms with Gasteiger partial charge in [0.15, 0.2) is 0 Å². The fourth-order valence-corrected chi connectivity index (χ4v) is 2.26. The highest BCUT2D eigenvalue weighted by molar-refractivity contribution is 5.39. The number of hydrogen-bond acceptors (Lipinski definition) is 5. The van der Waals surface area contributed by atoms with Gasteiger partial charge in [-0.25, -0.2) is 18.7 Å². The second-order valence-electron chi connectivity index (χ2n) is 5.00. The van der Waals surface area contributed by atoms with Gasteiger partial charge in [0.2, 0.25) is 0 Å². The van der Waals surface area contributed by atoms with E-state index in [4.69, 9.17) is 5.11 Å². The van der Waals surface area contributed by atoms with Crippen molar-refractivity contribution >= 4 is 5.82 Å². The van der Waals surface area contributed by atoms with E-state index in [9.17, 15) is 8.78 Å². The third-order valence-corrected chi connectivity index (χ3v) is 3.45. The molecule has 1 aromatic heterocycles. The number of anilines is 1. The van der Waals surface area contributed by atoms with E-state index in [1.807, 2.05) is 13.0 Å². The van der Waals surface area contributed by atoms with Crippen molar-refractivity contribution in [2.24, 2.45) is 0 Å². The Kier molecular flexibility index (Phi) is 4.82. The lowest BCUT2D eigenvalue weighted by molar-refractivity contribution is -0.0733. The molecule has 0 unspecified atom stereocenters. The summed E-state index contributed by atoms with van der Waals surface area (Å²) >= 11 is 0. The molecule has 0 bridgehead atoms. The smallest absolute Gasteiger partial charge is 0.283 e. The fourth-order valence-electron chi connectivity index (χ4n) is 2.26. The average Bonchev–Trinajstić information content (AvgIpc) is 2.48. The molecule has 20 heavy (non-hydrogen) atoms. The monoisotopic (exact) mass is 286 g/mol. The van der Waals surface area contributed by atoms with E-state index >= 15 is 0 Å². The van der Waals surface area contributed by atoms with Crippen LogP contribution in [0.2, 0.25) is 0 Å². The van der Waals surface area contributed by atoms with Gasteiger partial charge in [-0.2, -0.15) is 0 Å². The molecule has 1 N–H and O–H groups in total. The molecule has 0 aliphatic carbocycles. The van der Waals surface area contributed by atoms with Crippen LogP contribution in [0.4, 0.5) is 14.6 Å². The quantitative estimate of drug-likeness (QED) is 0.867. The number of aliphatic hydroxyl groups excluding tert-OH is 1. The summed E-state index contributed by atoms with van der Waals surface area (Å²) in [6.07, 6.45) is 2.39. The summed E-state index contributed by atoms with van der Waals surface area (Å²) in [6.45, 7) is 2.94. The lowest BCUT2D eigenvalue weighted by Crippen LogP contribution is -2.50. The van der Waals surface area contributed by atoms with Crippen LogP contribution in [0.3, 0.4) is 0 Å². The van der Waals surface area contributed by atoms with Gasteiger partial charge >= 0.3 is 0 Å². The van der Waals surface area contributed by atoms with Crippen LogP contribution in [0.5, 0.6) is 0 Å². The molecule has 2 rings (SSSR count). The molecule has 7 heteroatoms. The maximum absolute atomic E-state index is 13.1. The van der Waals surface area contributed by atoms with Gasteiger partial charge in [0, 0.05) is 37.9 Å². The Hall–Kier alpha value is -1.34. The van der Waals surface area contributed by atoms with E-state index < -0.39 is 12.5 Å². The molecule has 0 amide bonds. The van der Waals surface area contributed by atoms with Crippen LogP contribution < -0.4 is 4.90 Å². The maximum atomic E-state index is 13.1. The molecule has 1 aliphatic rings. The third kappa shape index (κ3) is 3.83. The highest BCUT2D eigenvalue weighted by atomic mass is 19.3. The molecule has 0 spiro atoms. The molecule has 5 nitrogen and oxygen atoms in total. The zero-order valence-corrected chi connectivity index (χ0v) is 11.6. The fraction of sp³-hybridized carbons (Fsp3) is 0.692. The summed E-state index contributed by atoms with van der Waals surface area (Å²) in [6, 6.07) is 1.94. The van der Waals surface area contributed by atoms with Crippen LogP contribution >= 0.6 is 0 Å². The van der Waals surface area contributed by atoms with Gasteiger partial charge in [-0.1, -0.05) is 6.92 Å². The largest absolute Gasteiger partial charge is 0.390 e. The normalized spacial score (nSPS) is 17.5. The molecule has 0 radical (unpaired) electrons. The van der Waals surface area contributed by atoms with Crippen LogP contribution in [0, 0.1) is 0 Å². The van der Waals surface area contributed by atoms with Crippen LogP contribution in [0.1, 0.15) is 12.6 Å². The first kappa shape index (κ1) is 15.1. The molecule has 112 valence electrons. The second kappa shape index (κ2) is 6.41. The number of rotatable bonds is 5. The molecule has 1 aromatic rings. The first-order chi connectivity index (χ1) is 9.54. The van der Waals surface area contributed by atoms with Crippen molar-refractivity contribution < 1.29 is 13.9 Å². The number of alkyl halides is 2. The SMILES string of the molecule is CCc1cc(N2CCN(CC(F)(F)CO)CC2)ncn1. The third-order valence-electron chi connectivity index (χ3n) is 3.45. The van der Waals surface area contributed by atoms with Crippen molar-refractivity contribution in [1.29, 1.82) is 0 Å². The van der Waals surface area contributed by atoms with Gasteiger partial charge in [-0.3, -0.25) is 4.90 Å². The predicted octanol–water partition coefficient (Wildman–Crippen LogP) is 0.789. The Morgan fingerprint density at radius 3 is 2.55 bits per heavy atom. The van der Waals surface area contributed by atoms with Crippen molar-refractivity contribution in [3.05, 3.63) is 18.1 Å². The van der Waals surface area contributed by atoms with Crippen molar-refractivity contribution in [3.63, 3.8) is 0 Å². The van der Waals surface area contributed by atoms with Gasteiger partial charge in [0.1, 0.15) is 18.8 Å². The molecule has 0 aromatic carbocycles. The van der Waals surface area contributed by atoms with Crippen LogP contribution in [0.25, 0.3) is 0 Å². The predicted molar refractivity (Wildman–Crippen MR) is 72.1 cm³/mol. The van der Waals surface area contributed by atoms with Gasteiger partial charge in [-0.05, 0) is 6.42 Å². The minimum absolute atomic E-state index is 0.388. The standard InChI is InChI=1S/C13H20F2N4O/c1-2-11-7-12(17-10-16-11)19-5-3-18(4-6-19)8-13(14,15)9-20/h7,10,20H,2-6,8-9H2,1H3. The van der Waals surface area contributed by atoms with Gasteiger partial charge in [0.25, 0.3) is 5.92 Å². The van der Waals surface area contributed by atoms with E-state index in [0.29, 0.717) is 26.2 Å². The van der Waals surface area contributed by atoms with Gasteiger partial charge in [-0.15, -0.1) is 0 Å². The minimum Gasteiger partial charge on any atom is -0.390 e. The minimum atomic E-state index is -3.02.